The molecule has 0 atom stereocenters. The molecule has 2 rings (SSSR count). The summed E-state index contributed by atoms with van der Waals surface area (Å²) in [6.45, 7) is 1.94. The normalized spacial score (nSPS) is 10.4. The maximum absolute atomic E-state index is 11.9. The fourth-order valence-corrected chi connectivity index (χ4v) is 2.91. The number of carbonyl (C=O) groups is 1. The first-order valence-corrected chi connectivity index (χ1v) is 8.36. The maximum Gasteiger partial charge on any atom is 0.225 e. The van der Waals surface area contributed by atoms with Gasteiger partial charge in [-0.3, -0.25) is 4.79 Å². The zero-order chi connectivity index (χ0) is 15.1. The molecule has 1 N–H and O–H groups in total. The summed E-state index contributed by atoms with van der Waals surface area (Å²) in [5.41, 5.74) is 3.05. The molecule has 1 amide bonds. The van der Waals surface area contributed by atoms with Crippen molar-refractivity contribution in [2.45, 2.75) is 19.1 Å². The average Bonchev–Trinajstić information content (AvgIpc) is 2.49. The Hall–Kier alpha value is -1.45. The molecule has 0 aromatic heterocycles. The molecule has 0 fully saturated rings. The van der Waals surface area contributed by atoms with E-state index in [1.807, 2.05) is 37.3 Å². The summed E-state index contributed by atoms with van der Waals surface area (Å²) in [7, 11) is 0. The van der Waals surface area contributed by atoms with Crippen molar-refractivity contribution in [2.75, 3.05) is 11.1 Å². The Bertz CT molecular complexity index is 601. The van der Waals surface area contributed by atoms with Gasteiger partial charge in [0.1, 0.15) is 0 Å². The van der Waals surface area contributed by atoms with E-state index in [4.69, 9.17) is 11.6 Å². The lowest BCUT2D eigenvalue weighted by Crippen LogP contribution is -2.12. The van der Waals surface area contributed by atoms with E-state index in [2.05, 4.69) is 17.4 Å². The second-order valence-electron chi connectivity index (χ2n) is 4.80. The predicted molar refractivity (Wildman–Crippen MR) is 92.0 cm³/mol. The molecule has 0 bridgehead atoms. The molecule has 2 aromatic carbocycles. The van der Waals surface area contributed by atoms with E-state index in [1.165, 1.54) is 5.56 Å². The number of halogens is 1. The van der Waals surface area contributed by atoms with E-state index in [1.54, 1.807) is 17.8 Å². The number of hydrogen-bond donors (Lipinski definition) is 1. The lowest BCUT2D eigenvalue weighted by molar-refractivity contribution is -0.115. The Morgan fingerprint density at radius 1 is 1.19 bits per heavy atom. The van der Waals surface area contributed by atoms with Gasteiger partial charge in [0.25, 0.3) is 0 Å². The van der Waals surface area contributed by atoms with Gasteiger partial charge in [-0.15, -0.1) is 0 Å². The number of nitrogens with one attached hydrogen (secondary N) is 1. The number of hydrogen-bond acceptors (Lipinski definition) is 2. The molecule has 0 aliphatic heterocycles. The molecule has 0 radical (unpaired) electrons. The number of rotatable bonds is 6. The van der Waals surface area contributed by atoms with Crippen molar-refractivity contribution < 1.29 is 4.79 Å². The maximum atomic E-state index is 11.9. The minimum Gasteiger partial charge on any atom is -0.326 e. The van der Waals surface area contributed by atoms with E-state index in [9.17, 15) is 4.79 Å². The first kappa shape index (κ1) is 15.9. The lowest BCUT2D eigenvalue weighted by Gasteiger charge is -2.07. The Labute approximate surface area is 134 Å². The van der Waals surface area contributed by atoms with Crippen molar-refractivity contribution in [3.8, 4) is 0 Å². The van der Waals surface area contributed by atoms with Gasteiger partial charge in [0.2, 0.25) is 5.91 Å². The van der Waals surface area contributed by atoms with E-state index in [0.717, 1.165) is 22.8 Å². The molecule has 0 aliphatic rings. The van der Waals surface area contributed by atoms with Gasteiger partial charge in [-0.1, -0.05) is 48.0 Å². The highest BCUT2D eigenvalue weighted by molar-refractivity contribution is 7.98. The van der Waals surface area contributed by atoms with Crippen molar-refractivity contribution in [3.05, 3.63) is 64.7 Å². The molecule has 2 nitrogen and oxygen atoms in total. The first-order valence-electron chi connectivity index (χ1n) is 6.83. The highest BCUT2D eigenvalue weighted by atomic mass is 35.5. The van der Waals surface area contributed by atoms with Gasteiger partial charge in [-0.05, 0) is 30.2 Å². The number of carbonyl (C=O) groups excluding carboxylic acids is 1. The topological polar surface area (TPSA) is 29.1 Å². The Morgan fingerprint density at radius 3 is 2.67 bits per heavy atom. The number of thioether (sulfide) groups is 1. The van der Waals surface area contributed by atoms with E-state index in [0.29, 0.717) is 11.4 Å². The van der Waals surface area contributed by atoms with Gasteiger partial charge in [0.15, 0.2) is 0 Å². The third kappa shape index (κ3) is 5.44. The quantitative estimate of drug-likeness (QED) is 0.766. The summed E-state index contributed by atoms with van der Waals surface area (Å²) in [4.78, 5) is 11.9. The van der Waals surface area contributed by atoms with Crippen LogP contribution in [0, 0.1) is 6.92 Å². The highest BCUT2D eigenvalue weighted by Crippen LogP contribution is 2.20. The fourth-order valence-electron chi connectivity index (χ4n) is 1.82. The minimum absolute atomic E-state index is 0.0236. The average molecular weight is 320 g/mol. The van der Waals surface area contributed by atoms with Crippen molar-refractivity contribution in [1.82, 2.24) is 0 Å². The van der Waals surface area contributed by atoms with Gasteiger partial charge >= 0.3 is 0 Å². The zero-order valence-electron chi connectivity index (χ0n) is 11.9. The van der Waals surface area contributed by atoms with Crippen molar-refractivity contribution >= 4 is 35.0 Å². The molecule has 0 unspecified atom stereocenters. The summed E-state index contributed by atoms with van der Waals surface area (Å²) >= 11 is 7.80. The lowest BCUT2D eigenvalue weighted by atomic mass is 10.2. The molecule has 21 heavy (non-hydrogen) atoms. The van der Waals surface area contributed by atoms with Gasteiger partial charge in [0.05, 0.1) is 0 Å². The smallest absolute Gasteiger partial charge is 0.225 e. The number of anilines is 1. The van der Waals surface area contributed by atoms with Crippen LogP contribution in [0.15, 0.2) is 48.5 Å². The number of benzene rings is 2. The van der Waals surface area contributed by atoms with Crippen LogP contribution in [0.5, 0.6) is 0 Å². The summed E-state index contributed by atoms with van der Waals surface area (Å²) in [6, 6.07) is 15.8. The molecule has 0 saturated heterocycles. The Balaban J connectivity index is 1.71. The number of aryl methyl sites for hydroxylation is 1. The molecule has 2 aromatic rings. The summed E-state index contributed by atoms with van der Waals surface area (Å²) in [6.07, 6.45) is 0.503. The molecule has 0 spiro atoms. The van der Waals surface area contributed by atoms with Crippen molar-refractivity contribution in [2.24, 2.45) is 0 Å². The summed E-state index contributed by atoms with van der Waals surface area (Å²) in [5, 5.41) is 3.54. The summed E-state index contributed by atoms with van der Waals surface area (Å²) in [5.74, 6) is 1.76. The standard InChI is InChI=1S/C17H18ClNOS/c1-13-7-8-15(11-16(13)18)19-17(20)9-10-21-12-14-5-3-2-4-6-14/h2-8,11H,9-10,12H2,1H3,(H,19,20). The van der Waals surface area contributed by atoms with Crippen LogP contribution in [-0.2, 0) is 10.5 Å². The Kier molecular flexibility index (Phi) is 6.15. The molecular weight excluding hydrogens is 302 g/mol. The monoisotopic (exact) mass is 319 g/mol. The Morgan fingerprint density at radius 2 is 1.95 bits per heavy atom. The first-order chi connectivity index (χ1) is 10.1. The van der Waals surface area contributed by atoms with Crippen LogP contribution < -0.4 is 5.32 Å². The highest BCUT2D eigenvalue weighted by Gasteiger charge is 2.04. The van der Waals surface area contributed by atoms with Crippen LogP contribution in [0.25, 0.3) is 0 Å². The minimum atomic E-state index is 0.0236. The van der Waals surface area contributed by atoms with Gasteiger partial charge in [0, 0.05) is 28.6 Å². The molecule has 0 saturated carbocycles. The SMILES string of the molecule is Cc1ccc(NC(=O)CCSCc2ccccc2)cc1Cl. The fraction of sp³-hybridized carbons (Fsp3) is 0.235. The largest absolute Gasteiger partial charge is 0.326 e. The van der Waals surface area contributed by atoms with Crippen LogP contribution in [0.4, 0.5) is 5.69 Å². The van der Waals surface area contributed by atoms with Crippen molar-refractivity contribution in [1.29, 1.82) is 0 Å². The van der Waals surface area contributed by atoms with Crippen LogP contribution >= 0.6 is 23.4 Å². The van der Waals surface area contributed by atoms with Crippen molar-refractivity contribution in [3.63, 3.8) is 0 Å². The van der Waals surface area contributed by atoms with E-state index >= 15 is 0 Å². The second-order valence-corrected chi connectivity index (χ2v) is 6.31. The van der Waals surface area contributed by atoms with Crippen LogP contribution in [0.3, 0.4) is 0 Å². The molecule has 110 valence electrons. The van der Waals surface area contributed by atoms with Crippen LogP contribution in [0.1, 0.15) is 17.5 Å². The van der Waals surface area contributed by atoms with Crippen LogP contribution in [-0.4, -0.2) is 11.7 Å². The molecule has 0 aliphatic carbocycles. The number of amides is 1. The second kappa shape index (κ2) is 8.11. The molecule has 0 heterocycles. The zero-order valence-corrected chi connectivity index (χ0v) is 13.5. The predicted octanol–water partition coefficient (Wildman–Crippen LogP) is 4.91. The third-order valence-electron chi connectivity index (χ3n) is 3.04. The third-order valence-corrected chi connectivity index (χ3v) is 4.48. The summed E-state index contributed by atoms with van der Waals surface area (Å²) < 4.78 is 0. The van der Waals surface area contributed by atoms with Gasteiger partial charge in [-0.25, -0.2) is 0 Å². The van der Waals surface area contributed by atoms with Gasteiger partial charge in [-0.2, -0.15) is 11.8 Å². The molecular formula is C17H18ClNOS. The molecule has 4 heteroatoms. The van der Waals surface area contributed by atoms with Gasteiger partial charge < -0.3 is 5.32 Å². The van der Waals surface area contributed by atoms with Crippen LogP contribution in [0.2, 0.25) is 5.02 Å². The van der Waals surface area contributed by atoms with E-state index < -0.39 is 0 Å². The van der Waals surface area contributed by atoms with E-state index in [-0.39, 0.29) is 5.91 Å².